The third-order valence-corrected chi connectivity index (χ3v) is 4.09. The second kappa shape index (κ2) is 6.65. The van der Waals surface area contributed by atoms with Crippen LogP contribution in [-0.2, 0) is 14.3 Å². The molecular formula is C16H28N2O5. The topological polar surface area (TPSA) is 79.3 Å². The Morgan fingerprint density at radius 2 is 1.91 bits per heavy atom. The van der Waals surface area contributed by atoms with E-state index in [9.17, 15) is 14.7 Å². The first-order valence-electron chi connectivity index (χ1n) is 8.22. The van der Waals surface area contributed by atoms with Crippen molar-refractivity contribution >= 4 is 12.0 Å². The molecule has 2 fully saturated rings. The van der Waals surface area contributed by atoms with Crippen LogP contribution in [0.1, 0.15) is 34.1 Å². The second-order valence-electron chi connectivity index (χ2n) is 7.43. The first-order valence-corrected chi connectivity index (χ1v) is 8.22. The average Bonchev–Trinajstić information content (AvgIpc) is 2.87. The van der Waals surface area contributed by atoms with Crippen LogP contribution in [0.5, 0.6) is 0 Å². The Labute approximate surface area is 137 Å². The smallest absolute Gasteiger partial charge is 0.410 e. The van der Waals surface area contributed by atoms with Crippen molar-refractivity contribution in [1.82, 2.24) is 9.80 Å². The summed E-state index contributed by atoms with van der Waals surface area (Å²) in [4.78, 5) is 27.4. The molecule has 0 aliphatic carbocycles. The van der Waals surface area contributed by atoms with Gasteiger partial charge in [-0.3, -0.25) is 4.79 Å². The van der Waals surface area contributed by atoms with Crippen molar-refractivity contribution in [3.8, 4) is 0 Å². The number of amides is 2. The van der Waals surface area contributed by atoms with Gasteiger partial charge in [0.25, 0.3) is 5.91 Å². The summed E-state index contributed by atoms with van der Waals surface area (Å²) in [5.41, 5.74) is -2.06. The molecule has 0 aromatic heterocycles. The highest BCUT2D eigenvalue weighted by molar-refractivity contribution is 5.89. The first-order chi connectivity index (χ1) is 10.6. The molecule has 7 heteroatoms. The predicted molar refractivity (Wildman–Crippen MR) is 83.9 cm³/mol. The molecule has 0 saturated carbocycles. The summed E-state index contributed by atoms with van der Waals surface area (Å²) in [5.74, 6) is 0.0286. The molecule has 2 saturated heterocycles. The van der Waals surface area contributed by atoms with Gasteiger partial charge in [0.05, 0.1) is 19.7 Å². The van der Waals surface area contributed by atoms with Crippen LogP contribution in [0, 0.1) is 5.92 Å². The molecule has 1 atom stereocenters. The van der Waals surface area contributed by atoms with Gasteiger partial charge in [-0.25, -0.2) is 4.79 Å². The maximum absolute atomic E-state index is 12.5. The molecule has 0 spiro atoms. The maximum Gasteiger partial charge on any atom is 0.410 e. The number of nitrogens with zero attached hydrogens (tertiary/aromatic N) is 2. The SMILES string of the molecule is CCOCC1CCN(C(=O)C2(O)CN(C(=O)OC(C)(C)C)C2)C1. The zero-order chi connectivity index (χ0) is 17.3. The van der Waals surface area contributed by atoms with E-state index in [1.807, 2.05) is 6.92 Å². The van der Waals surface area contributed by atoms with Gasteiger partial charge in [-0.2, -0.15) is 0 Å². The molecular weight excluding hydrogens is 300 g/mol. The van der Waals surface area contributed by atoms with Crippen LogP contribution in [0.2, 0.25) is 0 Å². The number of rotatable bonds is 4. The Balaban J connectivity index is 1.82. The summed E-state index contributed by atoms with van der Waals surface area (Å²) < 4.78 is 10.6. The van der Waals surface area contributed by atoms with Crippen molar-refractivity contribution in [2.24, 2.45) is 5.92 Å². The van der Waals surface area contributed by atoms with Crippen molar-refractivity contribution in [1.29, 1.82) is 0 Å². The van der Waals surface area contributed by atoms with E-state index in [-0.39, 0.29) is 19.0 Å². The van der Waals surface area contributed by atoms with Gasteiger partial charge in [0.15, 0.2) is 5.60 Å². The Bertz CT molecular complexity index is 454. The van der Waals surface area contributed by atoms with E-state index < -0.39 is 17.3 Å². The normalized spacial score (nSPS) is 23.6. The minimum atomic E-state index is -1.47. The molecule has 132 valence electrons. The minimum absolute atomic E-state index is 0.00657. The number of carbonyl (C=O) groups is 2. The first kappa shape index (κ1) is 18.0. The monoisotopic (exact) mass is 328 g/mol. The minimum Gasteiger partial charge on any atom is -0.444 e. The van der Waals surface area contributed by atoms with Crippen LogP contribution in [0.25, 0.3) is 0 Å². The molecule has 2 amide bonds. The lowest BCUT2D eigenvalue weighted by atomic mass is 9.93. The van der Waals surface area contributed by atoms with Gasteiger partial charge in [-0.1, -0.05) is 0 Å². The fourth-order valence-electron chi connectivity index (χ4n) is 2.91. The van der Waals surface area contributed by atoms with Crippen molar-refractivity contribution in [3.05, 3.63) is 0 Å². The Hall–Kier alpha value is -1.34. The van der Waals surface area contributed by atoms with E-state index in [1.54, 1.807) is 25.7 Å². The van der Waals surface area contributed by atoms with Crippen LogP contribution in [-0.4, -0.2) is 77.5 Å². The Morgan fingerprint density at radius 3 is 2.48 bits per heavy atom. The van der Waals surface area contributed by atoms with Gasteiger partial charge in [-0.05, 0) is 34.1 Å². The number of hydrogen-bond donors (Lipinski definition) is 1. The number of hydrogen-bond acceptors (Lipinski definition) is 5. The number of β-amino-alcohol motifs (C(OH)–C–C–N with tert-alkyl or cyclic N) is 1. The van der Waals surface area contributed by atoms with E-state index in [2.05, 4.69) is 0 Å². The molecule has 2 rings (SSSR count). The molecule has 0 bridgehead atoms. The van der Waals surface area contributed by atoms with Gasteiger partial charge in [0, 0.05) is 25.6 Å². The maximum atomic E-state index is 12.5. The summed E-state index contributed by atoms with van der Waals surface area (Å²) in [6, 6.07) is 0. The summed E-state index contributed by atoms with van der Waals surface area (Å²) >= 11 is 0. The fraction of sp³-hybridized carbons (Fsp3) is 0.875. The summed E-state index contributed by atoms with van der Waals surface area (Å²) in [7, 11) is 0. The number of aliphatic hydroxyl groups is 1. The van der Waals surface area contributed by atoms with Crippen molar-refractivity contribution in [3.63, 3.8) is 0 Å². The van der Waals surface area contributed by atoms with Crippen molar-refractivity contribution in [2.45, 2.75) is 45.3 Å². The summed E-state index contributed by atoms with van der Waals surface area (Å²) in [6.45, 7) is 9.82. The highest BCUT2D eigenvalue weighted by atomic mass is 16.6. The molecule has 0 aromatic rings. The molecule has 0 aromatic carbocycles. The molecule has 1 N–H and O–H groups in total. The third-order valence-electron chi connectivity index (χ3n) is 4.09. The highest BCUT2D eigenvalue weighted by Gasteiger charge is 2.53. The van der Waals surface area contributed by atoms with E-state index >= 15 is 0 Å². The van der Waals surface area contributed by atoms with E-state index in [0.717, 1.165) is 6.42 Å². The lowest BCUT2D eigenvalue weighted by Crippen LogP contribution is -2.70. The lowest BCUT2D eigenvalue weighted by Gasteiger charge is -2.46. The van der Waals surface area contributed by atoms with Crippen LogP contribution >= 0.6 is 0 Å². The number of likely N-dealkylation sites (tertiary alicyclic amines) is 2. The number of carbonyl (C=O) groups excluding carboxylic acids is 2. The van der Waals surface area contributed by atoms with Crippen molar-refractivity contribution in [2.75, 3.05) is 39.4 Å². The summed E-state index contributed by atoms with van der Waals surface area (Å²) in [6.07, 6.45) is 0.392. The van der Waals surface area contributed by atoms with Crippen LogP contribution in [0.15, 0.2) is 0 Å². The van der Waals surface area contributed by atoms with Crippen molar-refractivity contribution < 1.29 is 24.2 Å². The molecule has 0 radical (unpaired) electrons. The van der Waals surface area contributed by atoms with Gasteiger partial charge in [0.2, 0.25) is 0 Å². The Morgan fingerprint density at radius 1 is 1.26 bits per heavy atom. The molecule has 1 unspecified atom stereocenters. The van der Waals surface area contributed by atoms with Gasteiger partial charge >= 0.3 is 6.09 Å². The highest BCUT2D eigenvalue weighted by Crippen LogP contribution is 2.28. The largest absolute Gasteiger partial charge is 0.444 e. The average molecular weight is 328 g/mol. The quantitative estimate of drug-likeness (QED) is 0.828. The zero-order valence-electron chi connectivity index (χ0n) is 14.5. The van der Waals surface area contributed by atoms with E-state index in [0.29, 0.717) is 32.2 Å². The van der Waals surface area contributed by atoms with Gasteiger partial charge < -0.3 is 24.4 Å². The fourth-order valence-corrected chi connectivity index (χ4v) is 2.91. The second-order valence-corrected chi connectivity index (χ2v) is 7.43. The summed E-state index contributed by atoms with van der Waals surface area (Å²) in [5, 5.41) is 10.4. The van der Waals surface area contributed by atoms with E-state index in [4.69, 9.17) is 9.47 Å². The molecule has 2 heterocycles. The van der Waals surface area contributed by atoms with Gasteiger partial charge in [-0.15, -0.1) is 0 Å². The Kier molecular flexibility index (Phi) is 5.20. The van der Waals surface area contributed by atoms with Crippen LogP contribution in [0.4, 0.5) is 4.79 Å². The standard InChI is InChI=1S/C16H28N2O5/c1-5-22-9-12-6-7-17(8-12)13(19)16(21)10-18(11-16)14(20)23-15(2,3)4/h12,21H,5-11H2,1-4H3. The van der Waals surface area contributed by atoms with Gasteiger partial charge in [0.1, 0.15) is 5.60 Å². The molecule has 2 aliphatic heterocycles. The molecule has 23 heavy (non-hydrogen) atoms. The molecule has 2 aliphatic rings. The predicted octanol–water partition coefficient (Wildman–Crippen LogP) is 0.853. The van der Waals surface area contributed by atoms with Crippen LogP contribution < -0.4 is 0 Å². The lowest BCUT2D eigenvalue weighted by molar-refractivity contribution is -0.167. The number of ether oxygens (including phenoxy) is 2. The molecule has 7 nitrogen and oxygen atoms in total. The zero-order valence-corrected chi connectivity index (χ0v) is 14.5. The van der Waals surface area contributed by atoms with Crippen LogP contribution in [0.3, 0.4) is 0 Å². The third kappa shape index (κ3) is 4.35. The van der Waals surface area contributed by atoms with E-state index in [1.165, 1.54) is 4.90 Å².